The highest BCUT2D eigenvalue weighted by atomic mass is 32.1. The summed E-state index contributed by atoms with van der Waals surface area (Å²) in [5, 5.41) is 14.2. The average molecular weight is 307 g/mol. The zero-order valence-electron chi connectivity index (χ0n) is 11.2. The lowest BCUT2D eigenvalue weighted by Crippen LogP contribution is -2.53. The molecule has 0 heterocycles. The van der Waals surface area contributed by atoms with Crippen LogP contribution in [-0.4, -0.2) is 54.2 Å². The van der Waals surface area contributed by atoms with E-state index in [2.05, 4.69) is 15.5 Å². The summed E-state index contributed by atoms with van der Waals surface area (Å²) in [5.74, 6) is -0.382. The molecule has 0 aliphatic carbocycles. The third-order valence-electron chi connectivity index (χ3n) is 2.06. The van der Waals surface area contributed by atoms with Gasteiger partial charge < -0.3 is 25.0 Å². The summed E-state index contributed by atoms with van der Waals surface area (Å²) in [5.41, 5.74) is 0. The minimum Gasteiger partial charge on any atom is -0.376 e. The number of thiocarbonyl (C=S) groups is 1. The van der Waals surface area contributed by atoms with Gasteiger partial charge in [0.1, 0.15) is 23.7 Å². The number of carbonyl (C=O) groups is 2. The molecule has 114 valence electrons. The zero-order valence-corrected chi connectivity index (χ0v) is 12.0. The molecule has 1 amide bonds. The van der Waals surface area contributed by atoms with E-state index >= 15 is 0 Å². The summed E-state index contributed by atoms with van der Waals surface area (Å²) in [6.45, 7) is 3.10. The zero-order chi connectivity index (χ0) is 15.5. The van der Waals surface area contributed by atoms with Crippen molar-refractivity contribution in [2.45, 2.75) is 26.0 Å². The molecule has 0 aromatic carbocycles. The predicted octanol–water partition coefficient (Wildman–Crippen LogP) is -0.780. The molecule has 0 bridgehead atoms. The number of rotatable bonds is 10. The van der Waals surface area contributed by atoms with Gasteiger partial charge in [0.25, 0.3) is 5.09 Å². The van der Waals surface area contributed by atoms with Gasteiger partial charge in [0.15, 0.2) is 6.29 Å². The summed E-state index contributed by atoms with van der Waals surface area (Å²) in [7, 11) is 0. The lowest BCUT2D eigenvalue weighted by molar-refractivity contribution is -0.757. The molecule has 20 heavy (non-hydrogen) atoms. The second-order valence-electron chi connectivity index (χ2n) is 3.58. The molecule has 0 saturated heterocycles. The quantitative estimate of drug-likeness (QED) is 0.177. The van der Waals surface area contributed by atoms with Crippen LogP contribution >= 0.6 is 12.2 Å². The van der Waals surface area contributed by atoms with E-state index in [9.17, 15) is 19.7 Å². The van der Waals surface area contributed by atoms with Crippen molar-refractivity contribution in [1.82, 2.24) is 10.6 Å². The second kappa shape index (κ2) is 10.0. The molecular weight excluding hydrogens is 290 g/mol. The van der Waals surface area contributed by atoms with Crippen LogP contribution in [0.5, 0.6) is 0 Å². The predicted molar refractivity (Wildman–Crippen MR) is 72.6 cm³/mol. The molecule has 0 aromatic heterocycles. The van der Waals surface area contributed by atoms with Crippen molar-refractivity contribution in [3.05, 3.63) is 10.1 Å². The Hall–Kier alpha value is -1.81. The topological polar surface area (TPSA) is 120 Å². The maximum absolute atomic E-state index is 11.1. The molecule has 2 N–H and O–H groups in total. The smallest absolute Gasteiger partial charge is 0.294 e. The van der Waals surface area contributed by atoms with Crippen LogP contribution in [0.4, 0.5) is 0 Å². The van der Waals surface area contributed by atoms with Gasteiger partial charge in [-0.05, 0) is 6.92 Å². The molecule has 0 saturated carbocycles. The molecule has 0 radical (unpaired) electrons. The SMILES string of the molecule is CCOC(C=O)C(NC(C)=O)C(=S)NCCO[N+](=O)[O-]. The molecule has 2 atom stereocenters. The Kier molecular flexibility index (Phi) is 9.13. The minimum absolute atomic E-state index is 0.0631. The average Bonchev–Trinajstić information content (AvgIpc) is 2.38. The minimum atomic E-state index is -0.930. The first-order valence-corrected chi connectivity index (χ1v) is 6.22. The van der Waals surface area contributed by atoms with Crippen molar-refractivity contribution >= 4 is 29.4 Å². The van der Waals surface area contributed by atoms with Crippen molar-refractivity contribution in [3.63, 3.8) is 0 Å². The molecular formula is C10H17N3O6S. The normalized spacial score (nSPS) is 12.9. The molecule has 0 spiro atoms. The highest BCUT2D eigenvalue weighted by molar-refractivity contribution is 7.80. The monoisotopic (exact) mass is 307 g/mol. The number of ether oxygens (including phenoxy) is 1. The summed E-state index contributed by atoms with van der Waals surface area (Å²) in [6.07, 6.45) is -0.397. The lowest BCUT2D eigenvalue weighted by Gasteiger charge is -2.24. The number of hydrogen-bond donors (Lipinski definition) is 2. The van der Waals surface area contributed by atoms with E-state index in [4.69, 9.17) is 17.0 Å². The van der Waals surface area contributed by atoms with Crippen molar-refractivity contribution in [3.8, 4) is 0 Å². The van der Waals surface area contributed by atoms with Gasteiger partial charge in [-0.2, -0.15) is 0 Å². The van der Waals surface area contributed by atoms with Gasteiger partial charge in [0.05, 0.1) is 0 Å². The number of nitrogens with zero attached hydrogens (tertiary/aromatic N) is 1. The summed E-state index contributed by atoms with van der Waals surface area (Å²) >= 11 is 5.04. The van der Waals surface area contributed by atoms with Gasteiger partial charge >= 0.3 is 0 Å². The van der Waals surface area contributed by atoms with Gasteiger partial charge in [0.2, 0.25) is 5.91 Å². The van der Waals surface area contributed by atoms with Gasteiger partial charge in [-0.1, -0.05) is 12.2 Å². The van der Waals surface area contributed by atoms with Crippen LogP contribution in [0.2, 0.25) is 0 Å². The number of amides is 1. The summed E-state index contributed by atoms with van der Waals surface area (Å²) < 4.78 is 5.17. The first-order valence-electron chi connectivity index (χ1n) is 5.81. The summed E-state index contributed by atoms with van der Waals surface area (Å²) in [4.78, 5) is 36.3. The molecule has 10 heteroatoms. The first kappa shape index (κ1) is 18.2. The Morgan fingerprint density at radius 2 is 2.20 bits per heavy atom. The fraction of sp³-hybridized carbons (Fsp3) is 0.700. The van der Waals surface area contributed by atoms with E-state index in [-0.39, 0.29) is 30.7 Å². The Balaban J connectivity index is 4.51. The van der Waals surface area contributed by atoms with Crippen molar-refractivity contribution in [1.29, 1.82) is 0 Å². The number of hydrogen-bond acceptors (Lipinski definition) is 7. The fourth-order valence-electron chi connectivity index (χ4n) is 1.33. The standard InChI is InChI=1S/C10H17N3O6S/c1-3-18-8(6-14)9(12-7(2)15)10(20)11-4-5-19-13(16)17/h6,8-9H,3-5H2,1-2H3,(H,11,20)(H,12,15). The van der Waals surface area contributed by atoms with Gasteiger partial charge in [-0.25, -0.2) is 0 Å². The lowest BCUT2D eigenvalue weighted by atomic mass is 10.1. The first-order chi connectivity index (χ1) is 9.42. The van der Waals surface area contributed by atoms with Gasteiger partial charge in [0, 0.05) is 20.1 Å². The third-order valence-corrected chi connectivity index (χ3v) is 2.46. The molecule has 0 aliphatic rings. The van der Waals surface area contributed by atoms with E-state index in [0.717, 1.165) is 0 Å². The Labute approximate surface area is 121 Å². The van der Waals surface area contributed by atoms with Crippen molar-refractivity contribution < 1.29 is 24.3 Å². The van der Waals surface area contributed by atoms with Crippen LogP contribution in [0.3, 0.4) is 0 Å². The largest absolute Gasteiger partial charge is 0.376 e. The van der Waals surface area contributed by atoms with Crippen LogP contribution < -0.4 is 10.6 Å². The van der Waals surface area contributed by atoms with E-state index < -0.39 is 17.2 Å². The Morgan fingerprint density at radius 1 is 1.55 bits per heavy atom. The van der Waals surface area contributed by atoms with Crippen molar-refractivity contribution in [2.24, 2.45) is 0 Å². The Morgan fingerprint density at radius 3 is 2.65 bits per heavy atom. The van der Waals surface area contributed by atoms with Crippen LogP contribution in [0.25, 0.3) is 0 Å². The van der Waals surface area contributed by atoms with Crippen LogP contribution in [-0.2, 0) is 19.2 Å². The van der Waals surface area contributed by atoms with Gasteiger partial charge in [-0.15, -0.1) is 10.1 Å². The van der Waals surface area contributed by atoms with Crippen LogP contribution in [0, 0.1) is 10.1 Å². The van der Waals surface area contributed by atoms with Gasteiger partial charge in [-0.3, -0.25) is 4.79 Å². The van der Waals surface area contributed by atoms with Crippen molar-refractivity contribution in [2.75, 3.05) is 19.8 Å². The molecule has 0 rings (SSSR count). The maximum atomic E-state index is 11.1. The highest BCUT2D eigenvalue weighted by Gasteiger charge is 2.26. The molecule has 0 aliphatic heterocycles. The maximum Gasteiger partial charge on any atom is 0.294 e. The fourth-order valence-corrected chi connectivity index (χ4v) is 1.62. The van der Waals surface area contributed by atoms with E-state index in [1.165, 1.54) is 6.92 Å². The molecule has 9 nitrogen and oxygen atoms in total. The van der Waals surface area contributed by atoms with E-state index in [1.807, 2.05) is 0 Å². The number of nitrogens with one attached hydrogen (secondary N) is 2. The van der Waals surface area contributed by atoms with E-state index in [0.29, 0.717) is 6.29 Å². The summed E-state index contributed by atoms with van der Waals surface area (Å²) in [6, 6.07) is -0.837. The van der Waals surface area contributed by atoms with Crippen LogP contribution in [0.1, 0.15) is 13.8 Å². The highest BCUT2D eigenvalue weighted by Crippen LogP contribution is 2.00. The van der Waals surface area contributed by atoms with E-state index in [1.54, 1.807) is 6.92 Å². The number of aldehydes is 1. The molecule has 2 unspecified atom stereocenters. The second-order valence-corrected chi connectivity index (χ2v) is 4.02. The Bertz CT molecular complexity index is 365. The molecule has 0 aromatic rings. The number of carbonyl (C=O) groups excluding carboxylic acids is 2. The van der Waals surface area contributed by atoms with Crippen LogP contribution in [0.15, 0.2) is 0 Å². The molecule has 0 fully saturated rings. The third kappa shape index (κ3) is 7.59.